The van der Waals surface area contributed by atoms with Crippen LogP contribution in [0.1, 0.15) is 26.7 Å². The van der Waals surface area contributed by atoms with Crippen molar-refractivity contribution in [2.24, 2.45) is 11.8 Å². The number of nitrogens with zero attached hydrogens (tertiary/aromatic N) is 1. The molecule has 1 N–H and O–H groups in total. The van der Waals surface area contributed by atoms with Gasteiger partial charge in [-0.3, -0.25) is 5.41 Å². The van der Waals surface area contributed by atoms with E-state index in [9.17, 15) is 0 Å². The fourth-order valence-electron chi connectivity index (χ4n) is 1.94. The highest BCUT2D eigenvalue weighted by molar-refractivity contribution is 5.81. The Bertz CT molecular complexity index is 184. The third-order valence-corrected chi connectivity index (χ3v) is 2.90. The quantitative estimate of drug-likeness (QED) is 0.556. The van der Waals surface area contributed by atoms with Crippen molar-refractivity contribution in [1.82, 2.24) is 4.90 Å². The van der Waals surface area contributed by atoms with Crippen molar-refractivity contribution in [3.05, 3.63) is 0 Å². The molecule has 1 aliphatic rings. The van der Waals surface area contributed by atoms with Gasteiger partial charge in [-0.2, -0.15) is 0 Å². The average Bonchev–Trinajstić information content (AvgIpc) is 2.18. The van der Waals surface area contributed by atoms with Crippen molar-refractivity contribution in [3.8, 4) is 0 Å². The smallest absolute Gasteiger partial charge is 0.0983 e. The Balaban J connectivity index is 2.32. The van der Waals surface area contributed by atoms with Gasteiger partial charge in [-0.25, -0.2) is 0 Å². The lowest BCUT2D eigenvalue weighted by Gasteiger charge is -2.34. The lowest BCUT2D eigenvalue weighted by molar-refractivity contribution is 0.118. The molecule has 0 amide bonds. The molecule has 0 aromatic rings. The molecule has 0 aromatic carbocycles. The van der Waals surface area contributed by atoms with Crippen LogP contribution in [0.25, 0.3) is 0 Å². The van der Waals surface area contributed by atoms with Gasteiger partial charge in [0, 0.05) is 32.7 Å². The van der Waals surface area contributed by atoms with Gasteiger partial charge in [-0.15, -0.1) is 0 Å². The third kappa shape index (κ3) is 2.98. The normalized spacial score (nSPS) is 19.0. The number of ether oxygens (including phenoxy) is 1. The Morgan fingerprint density at radius 1 is 1.43 bits per heavy atom. The van der Waals surface area contributed by atoms with Gasteiger partial charge in [-0.05, 0) is 18.8 Å². The molecule has 0 bridgehead atoms. The molecule has 1 saturated heterocycles. The van der Waals surface area contributed by atoms with Gasteiger partial charge < -0.3 is 9.64 Å². The lowest BCUT2D eigenvalue weighted by atomic mass is 9.97. The third-order valence-electron chi connectivity index (χ3n) is 2.90. The van der Waals surface area contributed by atoms with E-state index in [0.717, 1.165) is 25.5 Å². The van der Waals surface area contributed by atoms with Crippen LogP contribution < -0.4 is 0 Å². The number of likely N-dealkylation sites (tertiary alicyclic amines) is 1. The lowest BCUT2D eigenvalue weighted by Crippen LogP contribution is -2.40. The first-order chi connectivity index (χ1) is 6.65. The highest BCUT2D eigenvalue weighted by Gasteiger charge is 2.21. The van der Waals surface area contributed by atoms with Gasteiger partial charge in [-0.1, -0.05) is 13.8 Å². The Hall–Kier alpha value is -0.570. The van der Waals surface area contributed by atoms with E-state index >= 15 is 0 Å². The van der Waals surface area contributed by atoms with Gasteiger partial charge in [0.15, 0.2) is 0 Å². The minimum atomic E-state index is 0.356. The molecular weight excluding hydrogens is 176 g/mol. The van der Waals surface area contributed by atoms with Crippen LogP contribution in [0, 0.1) is 17.2 Å². The van der Waals surface area contributed by atoms with E-state index in [1.165, 1.54) is 12.8 Å². The predicted octanol–water partition coefficient (Wildman–Crippen LogP) is 1.98. The average molecular weight is 198 g/mol. The van der Waals surface area contributed by atoms with Crippen molar-refractivity contribution < 1.29 is 4.74 Å². The van der Waals surface area contributed by atoms with Crippen molar-refractivity contribution in [2.75, 3.05) is 26.8 Å². The second-order valence-electron chi connectivity index (χ2n) is 4.43. The van der Waals surface area contributed by atoms with E-state index in [0.29, 0.717) is 11.8 Å². The monoisotopic (exact) mass is 198 g/mol. The summed E-state index contributed by atoms with van der Waals surface area (Å²) >= 11 is 0. The standard InChI is InChI=1S/C11H22N2O/c1-9(2)11(12)13-6-4-10(5-7-13)8-14-3/h9-10,12H,4-8H2,1-3H3. The summed E-state index contributed by atoms with van der Waals surface area (Å²) in [6.45, 7) is 7.12. The molecule has 3 heteroatoms. The molecule has 0 atom stereocenters. The van der Waals surface area contributed by atoms with Crippen molar-refractivity contribution in [1.29, 1.82) is 5.41 Å². The molecule has 0 spiro atoms. The summed E-state index contributed by atoms with van der Waals surface area (Å²) in [5.74, 6) is 1.85. The molecule has 1 fully saturated rings. The van der Waals surface area contributed by atoms with E-state index < -0.39 is 0 Å². The van der Waals surface area contributed by atoms with Crippen molar-refractivity contribution in [2.45, 2.75) is 26.7 Å². The van der Waals surface area contributed by atoms with Crippen LogP contribution in [0.2, 0.25) is 0 Å². The molecule has 82 valence electrons. The summed E-state index contributed by atoms with van der Waals surface area (Å²) in [7, 11) is 1.77. The summed E-state index contributed by atoms with van der Waals surface area (Å²) < 4.78 is 5.15. The first kappa shape index (κ1) is 11.5. The van der Waals surface area contributed by atoms with E-state index in [2.05, 4.69) is 18.7 Å². The van der Waals surface area contributed by atoms with Crippen LogP contribution in [-0.2, 0) is 4.74 Å². The molecule has 0 radical (unpaired) electrons. The Morgan fingerprint density at radius 3 is 2.43 bits per heavy atom. The van der Waals surface area contributed by atoms with Crippen molar-refractivity contribution >= 4 is 5.84 Å². The van der Waals surface area contributed by atoms with Gasteiger partial charge in [0.2, 0.25) is 0 Å². The zero-order valence-corrected chi connectivity index (χ0v) is 9.55. The second-order valence-corrected chi connectivity index (χ2v) is 4.43. The van der Waals surface area contributed by atoms with E-state index in [1.54, 1.807) is 7.11 Å². The zero-order chi connectivity index (χ0) is 10.6. The first-order valence-electron chi connectivity index (χ1n) is 5.47. The number of amidine groups is 1. The number of rotatable bonds is 3. The maximum Gasteiger partial charge on any atom is 0.0983 e. The van der Waals surface area contributed by atoms with Crippen molar-refractivity contribution in [3.63, 3.8) is 0 Å². The van der Waals surface area contributed by atoms with Crippen LogP contribution in [-0.4, -0.2) is 37.5 Å². The van der Waals surface area contributed by atoms with Crippen LogP contribution in [0.5, 0.6) is 0 Å². The SMILES string of the molecule is COCC1CCN(C(=N)C(C)C)CC1. The highest BCUT2D eigenvalue weighted by atomic mass is 16.5. The molecule has 3 nitrogen and oxygen atoms in total. The molecule has 1 rings (SSSR count). The van der Waals surface area contributed by atoms with Crippen LogP contribution in [0.4, 0.5) is 0 Å². The maximum atomic E-state index is 7.90. The number of methoxy groups -OCH3 is 1. The van der Waals surface area contributed by atoms with E-state index in [4.69, 9.17) is 10.1 Å². The van der Waals surface area contributed by atoms with Gasteiger partial charge >= 0.3 is 0 Å². The number of hydrogen-bond donors (Lipinski definition) is 1. The van der Waals surface area contributed by atoms with E-state index in [-0.39, 0.29) is 0 Å². The summed E-state index contributed by atoms with van der Waals surface area (Å²) in [4.78, 5) is 2.21. The number of piperidine rings is 1. The Kier molecular flexibility index (Phi) is 4.39. The Morgan fingerprint density at radius 2 is 2.00 bits per heavy atom. The summed E-state index contributed by atoms with van der Waals surface area (Å²) in [5.41, 5.74) is 0. The Labute approximate surface area is 86.9 Å². The van der Waals surface area contributed by atoms with Gasteiger partial charge in [0.25, 0.3) is 0 Å². The zero-order valence-electron chi connectivity index (χ0n) is 9.55. The summed E-state index contributed by atoms with van der Waals surface area (Å²) in [6.07, 6.45) is 2.34. The molecule has 1 aliphatic heterocycles. The molecule has 14 heavy (non-hydrogen) atoms. The minimum Gasteiger partial charge on any atom is -0.384 e. The summed E-state index contributed by atoms with van der Waals surface area (Å²) in [5, 5.41) is 7.90. The first-order valence-corrected chi connectivity index (χ1v) is 5.47. The maximum absolute atomic E-state index is 7.90. The molecule has 0 unspecified atom stereocenters. The number of nitrogens with one attached hydrogen (secondary N) is 1. The topological polar surface area (TPSA) is 36.3 Å². The molecular formula is C11H22N2O. The minimum absolute atomic E-state index is 0.356. The summed E-state index contributed by atoms with van der Waals surface area (Å²) in [6, 6.07) is 0. The molecule has 0 aliphatic carbocycles. The fourth-order valence-corrected chi connectivity index (χ4v) is 1.94. The van der Waals surface area contributed by atoms with E-state index in [1.807, 2.05) is 0 Å². The number of hydrogen-bond acceptors (Lipinski definition) is 2. The van der Waals surface area contributed by atoms with Gasteiger partial charge in [0.1, 0.15) is 0 Å². The predicted molar refractivity (Wildman–Crippen MR) is 58.7 cm³/mol. The second kappa shape index (κ2) is 5.35. The molecule has 0 saturated carbocycles. The van der Waals surface area contributed by atoms with Crippen LogP contribution in [0.15, 0.2) is 0 Å². The highest BCUT2D eigenvalue weighted by Crippen LogP contribution is 2.18. The fraction of sp³-hybridized carbons (Fsp3) is 0.909. The van der Waals surface area contributed by atoms with Crippen LogP contribution >= 0.6 is 0 Å². The molecule has 1 heterocycles. The van der Waals surface area contributed by atoms with Crippen LogP contribution in [0.3, 0.4) is 0 Å². The largest absolute Gasteiger partial charge is 0.384 e. The molecule has 0 aromatic heterocycles. The van der Waals surface area contributed by atoms with Gasteiger partial charge in [0.05, 0.1) is 5.84 Å².